The van der Waals surface area contributed by atoms with Crippen LogP contribution in [0.3, 0.4) is 0 Å². The molecule has 4 unspecified atom stereocenters. The predicted octanol–water partition coefficient (Wildman–Crippen LogP) is 15.6. The van der Waals surface area contributed by atoms with Crippen molar-refractivity contribution in [1.82, 2.24) is 0 Å². The summed E-state index contributed by atoms with van der Waals surface area (Å²) in [5.74, 6) is 0. The molecule has 10 rings (SSSR count). The average molecular weight is 702 g/mol. The fourth-order valence-corrected chi connectivity index (χ4v) is 118. The zero-order valence-electron chi connectivity index (χ0n) is 30.6. The molecular weight excluding hydrogens is 625 g/mol. The summed E-state index contributed by atoms with van der Waals surface area (Å²) in [6, 6.07) is 0. The van der Waals surface area contributed by atoms with Gasteiger partial charge in [-0.05, 0) is 0 Å². The standard InChI is InChI=1S/C37H71P2.C5H5.Ni/c1-5-9-13-17-21-25-32-38(33-26-22-18-14-10-6-2)36-30-29-31-37(36)39(34-27-23-19-15-11-7-3)35-28-24-20-16-12-8-4;1-2-4-5-3-1;/h29-31H,5-28,32-35H2,1-4H3;1-5H;. The SMILES string of the molecule is CCCCCCCCP(CCCCCCCC)[C]12[CH]3[CH]4[CH]5[C]1(P(CCCCCCCC)CCCCCCCC)[Ni]43521678[CH]2[CH]1[CH]6[CH]7[CH]28. The van der Waals surface area contributed by atoms with Crippen molar-refractivity contribution in [2.24, 2.45) is 0 Å². The van der Waals surface area contributed by atoms with Gasteiger partial charge < -0.3 is 0 Å². The molecule has 10 aliphatic heterocycles. The molecule has 264 valence electrons. The van der Waals surface area contributed by atoms with Gasteiger partial charge >= 0.3 is 276 Å². The molecule has 0 bridgehead atoms. The van der Waals surface area contributed by atoms with Gasteiger partial charge in [-0.15, -0.1) is 0 Å². The van der Waals surface area contributed by atoms with Gasteiger partial charge in [-0.3, -0.25) is 0 Å². The molecule has 0 saturated carbocycles. The van der Waals surface area contributed by atoms with E-state index in [0.717, 1.165) is 0 Å². The van der Waals surface area contributed by atoms with Gasteiger partial charge in [0.2, 0.25) is 0 Å². The second-order valence-electron chi connectivity index (χ2n) is 19.9. The van der Waals surface area contributed by atoms with Crippen molar-refractivity contribution in [3.63, 3.8) is 0 Å². The van der Waals surface area contributed by atoms with Crippen LogP contribution in [0.5, 0.6) is 0 Å². The second-order valence-corrected chi connectivity index (χ2v) is 46.7. The molecule has 0 nitrogen and oxygen atoms in total. The van der Waals surface area contributed by atoms with Crippen LogP contribution in [0.25, 0.3) is 0 Å². The van der Waals surface area contributed by atoms with Crippen LogP contribution in [-0.2, 0) is 6.23 Å². The Hall–Kier alpha value is 1.35. The van der Waals surface area contributed by atoms with Crippen molar-refractivity contribution in [3.8, 4) is 0 Å². The first-order valence-corrected chi connectivity index (χ1v) is 30.5. The van der Waals surface area contributed by atoms with Crippen molar-refractivity contribution in [2.75, 3.05) is 24.6 Å². The molecule has 1 spiro atoms. The van der Waals surface area contributed by atoms with Gasteiger partial charge in [-0.1, -0.05) is 0 Å². The summed E-state index contributed by atoms with van der Waals surface area (Å²) < 4.78 is 2.37. The van der Waals surface area contributed by atoms with E-state index >= 15 is 0 Å². The molecule has 3 heteroatoms. The van der Waals surface area contributed by atoms with E-state index in [9.17, 15) is 0 Å². The maximum atomic E-state index is 2.40. The van der Waals surface area contributed by atoms with Crippen LogP contribution < -0.4 is 0 Å². The van der Waals surface area contributed by atoms with E-state index < -0.39 is 6.23 Å². The van der Waals surface area contributed by atoms with E-state index in [1.165, 1.54) is 124 Å². The Balaban J connectivity index is 0.919. The second kappa shape index (κ2) is 6.59. The summed E-state index contributed by atoms with van der Waals surface area (Å²) in [6.07, 6.45) is 40.8. The average Bonchev–Trinajstić information content (AvgIpc) is 4.00. The van der Waals surface area contributed by atoms with E-state index in [0.29, 0.717) is 15.8 Å². The van der Waals surface area contributed by atoms with Crippen molar-refractivity contribution >= 4 is 15.8 Å². The maximum absolute atomic E-state index is 3.15. The summed E-state index contributed by atoms with van der Waals surface area (Å²) in [6.45, 7) is 9.59. The molecule has 0 aliphatic carbocycles. The third-order valence-electron chi connectivity index (χ3n) is 21.3. The molecule has 10 fully saturated rings. The number of rotatable bonds is 30. The van der Waals surface area contributed by atoms with Crippen molar-refractivity contribution in [2.45, 2.75) is 229 Å². The van der Waals surface area contributed by atoms with Crippen LogP contribution in [-0.4, -0.2) is 32.9 Å². The van der Waals surface area contributed by atoms with Gasteiger partial charge in [-0.2, -0.15) is 0 Å². The topological polar surface area (TPSA) is 0 Å². The molecule has 0 aromatic rings. The Morgan fingerprint density at radius 2 is 0.578 bits per heavy atom. The van der Waals surface area contributed by atoms with Gasteiger partial charge in [0.25, 0.3) is 0 Å². The number of fused-ring (bicyclic) bond motifs is 10. The third-order valence-corrected chi connectivity index (χ3v) is 74.0. The zero-order chi connectivity index (χ0) is 30.9. The molecule has 0 radical (unpaired) electrons. The van der Waals surface area contributed by atoms with Crippen LogP contribution in [0.15, 0.2) is 0 Å². The summed E-state index contributed by atoms with van der Waals surface area (Å²) in [7, 11) is 0.699. The van der Waals surface area contributed by atoms with Crippen LogP contribution in [0.4, 0.5) is 0 Å². The van der Waals surface area contributed by atoms with Crippen molar-refractivity contribution in [3.05, 3.63) is 0 Å². The number of hydrogen-bond donors (Lipinski definition) is 0. The molecule has 10 heterocycles. The number of unbranched alkanes of at least 4 members (excludes halogenated alkanes) is 20. The molecule has 10 saturated heterocycles. The Morgan fingerprint density at radius 1 is 0.333 bits per heavy atom. The normalized spacial score (nSPS) is 54.4. The summed E-state index contributed by atoms with van der Waals surface area (Å²) in [5, 5.41) is 0. The number of hydrogen-bond acceptors (Lipinski definition) is 0. The van der Waals surface area contributed by atoms with Crippen LogP contribution in [0, 0.1) is 0 Å². The van der Waals surface area contributed by atoms with E-state index in [4.69, 9.17) is 0 Å². The van der Waals surface area contributed by atoms with Crippen LogP contribution in [0.2, 0.25) is 39.1 Å². The Morgan fingerprint density at radius 3 is 0.800 bits per heavy atom. The first-order valence-electron chi connectivity index (χ1n) is 21.5. The molecule has 0 aromatic heterocycles. The Bertz CT molecular complexity index is 1310. The summed E-state index contributed by atoms with van der Waals surface area (Å²) in [4.78, 5) is 12.2. The van der Waals surface area contributed by atoms with E-state index in [2.05, 4.69) is 27.7 Å². The fourth-order valence-electron chi connectivity index (χ4n) is 21.4. The molecule has 10 aliphatic rings. The van der Waals surface area contributed by atoms with Gasteiger partial charge in [0.05, 0.1) is 0 Å². The molecule has 45 heavy (non-hydrogen) atoms. The van der Waals surface area contributed by atoms with E-state index in [-0.39, 0.29) is 0 Å². The Labute approximate surface area is 274 Å². The minimum absolute atomic E-state index is 0.349. The molecule has 4 atom stereocenters. The molecule has 0 N–H and O–H groups in total. The van der Waals surface area contributed by atoms with Crippen molar-refractivity contribution < 1.29 is 6.23 Å². The molecule has 0 amide bonds. The van der Waals surface area contributed by atoms with E-state index in [1.807, 2.05) is 0 Å². The fraction of sp³-hybridized carbons (Fsp3) is 1.00. The Kier molecular flexibility index (Phi) is 4.56. The zero-order valence-corrected chi connectivity index (χ0v) is 33.4. The predicted molar refractivity (Wildman–Crippen MR) is 202 cm³/mol. The monoisotopic (exact) mass is 700 g/mol. The molecule has 0 aromatic carbocycles. The van der Waals surface area contributed by atoms with Gasteiger partial charge in [0.1, 0.15) is 0 Å². The first kappa shape index (κ1) is 31.1. The van der Waals surface area contributed by atoms with Gasteiger partial charge in [0.15, 0.2) is 0 Å². The van der Waals surface area contributed by atoms with Gasteiger partial charge in [-0.25, -0.2) is 0 Å². The van der Waals surface area contributed by atoms with Gasteiger partial charge in [0, 0.05) is 0 Å². The summed E-state index contributed by atoms with van der Waals surface area (Å²) >= 11 is 0. The quantitative estimate of drug-likeness (QED) is 0.0397. The molecular formula is C42H76NiP2. The summed E-state index contributed by atoms with van der Waals surface area (Å²) in [5.41, 5.74) is 0. The minimum atomic E-state index is -3.15. The first-order chi connectivity index (χ1) is 22.0. The van der Waals surface area contributed by atoms with Crippen molar-refractivity contribution in [1.29, 1.82) is 0 Å². The van der Waals surface area contributed by atoms with Crippen LogP contribution >= 0.6 is 15.8 Å². The van der Waals surface area contributed by atoms with Crippen LogP contribution in [0.1, 0.15) is 182 Å². The van der Waals surface area contributed by atoms with E-state index in [1.54, 1.807) is 102 Å². The third kappa shape index (κ3) is 1.15.